The summed E-state index contributed by atoms with van der Waals surface area (Å²) in [6.07, 6.45) is 3.40. The van der Waals surface area contributed by atoms with Crippen LogP contribution >= 0.6 is 0 Å². The van der Waals surface area contributed by atoms with E-state index >= 15 is 0 Å². The molecule has 1 N–H and O–H groups in total. The highest BCUT2D eigenvalue weighted by Crippen LogP contribution is 2.52. The van der Waals surface area contributed by atoms with Crippen LogP contribution in [0.2, 0.25) is 0 Å². The lowest BCUT2D eigenvalue weighted by Gasteiger charge is -2.23. The Kier molecular flexibility index (Phi) is 3.99. The van der Waals surface area contributed by atoms with E-state index in [1.165, 1.54) is 0 Å². The Morgan fingerprint density at radius 2 is 2.24 bits per heavy atom. The van der Waals surface area contributed by atoms with Crippen LogP contribution in [-0.4, -0.2) is 42.3 Å². The number of ether oxygens (including phenoxy) is 2. The summed E-state index contributed by atoms with van der Waals surface area (Å²) >= 11 is 0. The van der Waals surface area contributed by atoms with Gasteiger partial charge in [0.2, 0.25) is 11.8 Å². The van der Waals surface area contributed by atoms with Crippen molar-refractivity contribution in [3.8, 4) is 5.75 Å². The quantitative estimate of drug-likeness (QED) is 0.773. The van der Waals surface area contributed by atoms with Crippen LogP contribution in [0.1, 0.15) is 11.3 Å². The molecule has 3 aliphatic rings. The maximum Gasteiger partial charge on any atom is 0.235 e. The highest BCUT2D eigenvalue weighted by molar-refractivity contribution is 6.02. The number of nitrogens with zero attached hydrogens (tertiary/aromatic N) is 2. The van der Waals surface area contributed by atoms with Gasteiger partial charge in [-0.2, -0.15) is 0 Å². The maximum absolute atomic E-state index is 13.2. The standard InChI is InChI=1S/C21H21N3O5/c1-12-9-16(23-29-12)24-11-21-8-7-15(28-21)17(18(21)20(24)26)19(25)22-10-13-5-3-4-6-14(13)27-2/h3-9,15,17-18H,10-11H2,1-2H3,(H,22,25). The maximum atomic E-state index is 13.2. The van der Waals surface area contributed by atoms with Crippen LogP contribution in [0.5, 0.6) is 5.75 Å². The first-order valence-electron chi connectivity index (χ1n) is 9.54. The van der Waals surface area contributed by atoms with Crippen molar-refractivity contribution in [3.63, 3.8) is 0 Å². The van der Waals surface area contributed by atoms with Crippen LogP contribution < -0.4 is 15.0 Å². The summed E-state index contributed by atoms with van der Waals surface area (Å²) in [6.45, 7) is 2.41. The minimum absolute atomic E-state index is 0.164. The van der Waals surface area contributed by atoms with E-state index in [2.05, 4.69) is 10.5 Å². The number of carbonyl (C=O) groups excluding carboxylic acids is 2. The molecule has 0 saturated carbocycles. The zero-order valence-corrected chi connectivity index (χ0v) is 16.1. The predicted molar refractivity (Wildman–Crippen MR) is 102 cm³/mol. The molecule has 1 aromatic carbocycles. The third kappa shape index (κ3) is 2.66. The number of para-hydroxylation sites is 1. The molecule has 1 spiro atoms. The van der Waals surface area contributed by atoms with E-state index in [1.807, 2.05) is 36.4 Å². The Bertz CT molecular complexity index is 1020. The van der Waals surface area contributed by atoms with Gasteiger partial charge >= 0.3 is 0 Å². The van der Waals surface area contributed by atoms with Crippen molar-refractivity contribution < 1.29 is 23.6 Å². The van der Waals surface area contributed by atoms with Gasteiger partial charge in [-0.1, -0.05) is 35.5 Å². The van der Waals surface area contributed by atoms with Gasteiger partial charge in [0.15, 0.2) is 5.82 Å². The SMILES string of the molecule is COc1ccccc1CNC(=O)C1C2C=CC3(CN(c4cc(C)on4)C(=O)C13)O2. The molecule has 29 heavy (non-hydrogen) atoms. The van der Waals surface area contributed by atoms with Crippen molar-refractivity contribution >= 4 is 17.6 Å². The number of rotatable bonds is 5. The third-order valence-corrected chi connectivity index (χ3v) is 5.94. The summed E-state index contributed by atoms with van der Waals surface area (Å²) in [6, 6.07) is 9.22. The van der Waals surface area contributed by atoms with Gasteiger partial charge in [0.05, 0.1) is 31.6 Å². The molecule has 8 heteroatoms. The molecule has 4 unspecified atom stereocenters. The van der Waals surface area contributed by atoms with Gasteiger partial charge in [-0.3, -0.25) is 14.5 Å². The Hall–Kier alpha value is -3.13. The fourth-order valence-corrected chi connectivity index (χ4v) is 4.62. The summed E-state index contributed by atoms with van der Waals surface area (Å²) in [5.74, 6) is 0.246. The number of fused-ring (bicyclic) bond motifs is 1. The van der Waals surface area contributed by atoms with Crippen molar-refractivity contribution in [1.82, 2.24) is 10.5 Å². The van der Waals surface area contributed by atoms with Gasteiger partial charge in [0, 0.05) is 18.2 Å². The van der Waals surface area contributed by atoms with Crippen LogP contribution in [0.4, 0.5) is 5.82 Å². The highest BCUT2D eigenvalue weighted by Gasteiger charge is 2.67. The summed E-state index contributed by atoms with van der Waals surface area (Å²) in [5.41, 5.74) is 0.0799. The molecule has 2 saturated heterocycles. The van der Waals surface area contributed by atoms with Crippen molar-refractivity contribution in [3.05, 3.63) is 53.8 Å². The van der Waals surface area contributed by atoms with E-state index in [0.717, 1.165) is 5.56 Å². The monoisotopic (exact) mass is 395 g/mol. The summed E-state index contributed by atoms with van der Waals surface area (Å²) in [5, 5.41) is 6.91. The van der Waals surface area contributed by atoms with Crippen LogP contribution in [0.25, 0.3) is 0 Å². The number of amides is 2. The van der Waals surface area contributed by atoms with Gasteiger partial charge in [0.25, 0.3) is 0 Å². The lowest BCUT2D eigenvalue weighted by Crippen LogP contribution is -2.44. The van der Waals surface area contributed by atoms with E-state index in [-0.39, 0.29) is 11.8 Å². The fraction of sp³-hybridized carbons (Fsp3) is 0.381. The van der Waals surface area contributed by atoms with Crippen LogP contribution in [0, 0.1) is 18.8 Å². The Morgan fingerprint density at radius 1 is 1.41 bits per heavy atom. The number of aromatic nitrogens is 1. The summed E-state index contributed by atoms with van der Waals surface area (Å²) < 4.78 is 16.6. The van der Waals surface area contributed by atoms with Gasteiger partial charge in [0.1, 0.15) is 17.1 Å². The number of aryl methyl sites for hydroxylation is 1. The predicted octanol–water partition coefficient (Wildman–Crippen LogP) is 1.59. The Morgan fingerprint density at radius 3 is 3.00 bits per heavy atom. The second-order valence-corrected chi connectivity index (χ2v) is 7.65. The molecule has 5 rings (SSSR count). The number of nitrogens with one attached hydrogen (secondary N) is 1. The molecule has 150 valence electrons. The molecule has 2 fully saturated rings. The normalized spacial score (nSPS) is 29.4. The molecular formula is C21H21N3O5. The van der Waals surface area contributed by atoms with Crippen molar-refractivity contribution in [2.75, 3.05) is 18.6 Å². The topological polar surface area (TPSA) is 93.9 Å². The van der Waals surface area contributed by atoms with E-state index < -0.39 is 23.5 Å². The number of hydrogen-bond donors (Lipinski definition) is 1. The average molecular weight is 395 g/mol. The molecule has 2 bridgehead atoms. The molecular weight excluding hydrogens is 374 g/mol. The lowest BCUT2D eigenvalue weighted by molar-refractivity contribution is -0.132. The molecule has 8 nitrogen and oxygen atoms in total. The second-order valence-electron chi connectivity index (χ2n) is 7.65. The smallest absolute Gasteiger partial charge is 0.235 e. The molecule has 2 amide bonds. The summed E-state index contributed by atoms with van der Waals surface area (Å²) in [4.78, 5) is 27.8. The van der Waals surface area contributed by atoms with Crippen LogP contribution in [0.3, 0.4) is 0 Å². The first kappa shape index (κ1) is 17.9. The molecule has 1 aromatic heterocycles. The minimum Gasteiger partial charge on any atom is -0.496 e. The number of carbonyl (C=O) groups is 2. The van der Waals surface area contributed by atoms with Crippen molar-refractivity contribution in [2.45, 2.75) is 25.2 Å². The van der Waals surface area contributed by atoms with Crippen LogP contribution in [0.15, 0.2) is 47.0 Å². The van der Waals surface area contributed by atoms with Crippen LogP contribution in [-0.2, 0) is 20.9 Å². The first-order valence-corrected chi connectivity index (χ1v) is 9.54. The molecule has 3 aliphatic heterocycles. The number of hydrogen-bond acceptors (Lipinski definition) is 6. The largest absolute Gasteiger partial charge is 0.496 e. The van der Waals surface area contributed by atoms with Gasteiger partial charge in [-0.25, -0.2) is 0 Å². The Labute approximate surface area is 167 Å². The zero-order valence-electron chi connectivity index (χ0n) is 16.1. The Balaban J connectivity index is 1.37. The van der Waals surface area contributed by atoms with E-state index in [4.69, 9.17) is 14.0 Å². The second kappa shape index (κ2) is 6.45. The van der Waals surface area contributed by atoms with Gasteiger partial charge < -0.3 is 19.3 Å². The van der Waals surface area contributed by atoms with Gasteiger partial charge in [-0.15, -0.1) is 0 Å². The van der Waals surface area contributed by atoms with E-state index in [9.17, 15) is 9.59 Å². The summed E-state index contributed by atoms with van der Waals surface area (Å²) in [7, 11) is 1.59. The molecule has 0 radical (unpaired) electrons. The number of benzene rings is 1. The highest BCUT2D eigenvalue weighted by atomic mass is 16.5. The fourth-order valence-electron chi connectivity index (χ4n) is 4.62. The minimum atomic E-state index is -0.791. The van der Waals surface area contributed by atoms with E-state index in [1.54, 1.807) is 25.0 Å². The first-order chi connectivity index (χ1) is 14.0. The molecule has 2 aromatic rings. The third-order valence-electron chi connectivity index (χ3n) is 5.94. The lowest BCUT2D eigenvalue weighted by atomic mass is 9.77. The van der Waals surface area contributed by atoms with Gasteiger partial charge in [-0.05, 0) is 13.0 Å². The van der Waals surface area contributed by atoms with Crippen molar-refractivity contribution in [1.29, 1.82) is 0 Å². The average Bonchev–Trinajstić information content (AvgIpc) is 3.47. The van der Waals surface area contributed by atoms with E-state index in [0.29, 0.717) is 30.4 Å². The molecule has 0 aliphatic carbocycles. The number of methoxy groups -OCH3 is 1. The number of anilines is 1. The molecule has 4 atom stereocenters. The molecule has 4 heterocycles. The zero-order chi connectivity index (χ0) is 20.2. The van der Waals surface area contributed by atoms with Crippen molar-refractivity contribution in [2.24, 2.45) is 11.8 Å².